The van der Waals surface area contributed by atoms with Crippen molar-refractivity contribution in [2.75, 3.05) is 33.4 Å². The Morgan fingerprint density at radius 1 is 1.15 bits per heavy atom. The van der Waals surface area contributed by atoms with Gasteiger partial charge in [0.05, 0.1) is 13.2 Å². The summed E-state index contributed by atoms with van der Waals surface area (Å²) in [4.78, 5) is 0. The molecule has 114 valence electrons. The van der Waals surface area contributed by atoms with Crippen molar-refractivity contribution in [2.45, 2.75) is 32.6 Å². The number of ether oxygens (including phenoxy) is 2. The predicted molar refractivity (Wildman–Crippen MR) is 87.6 cm³/mol. The molecule has 0 radical (unpaired) electrons. The zero-order valence-corrected chi connectivity index (χ0v) is 14.2. The van der Waals surface area contributed by atoms with E-state index in [1.807, 2.05) is 13.0 Å². The number of aryl methyl sites for hydroxylation is 1. The average molecular weight is 344 g/mol. The molecule has 0 aliphatic rings. The molecule has 0 aromatic heterocycles. The van der Waals surface area contributed by atoms with E-state index in [2.05, 4.69) is 33.4 Å². The molecular weight excluding hydrogens is 318 g/mol. The van der Waals surface area contributed by atoms with E-state index in [1.54, 1.807) is 7.11 Å². The Bertz CT molecular complexity index is 371. The van der Waals surface area contributed by atoms with Gasteiger partial charge in [0.1, 0.15) is 5.75 Å². The van der Waals surface area contributed by atoms with Gasteiger partial charge in [-0.1, -0.05) is 22.4 Å². The van der Waals surface area contributed by atoms with Gasteiger partial charge in [-0.15, -0.1) is 0 Å². The molecule has 1 aromatic rings. The predicted octanol–water partition coefficient (Wildman–Crippen LogP) is 3.80. The second kappa shape index (κ2) is 11.1. The average Bonchev–Trinajstić information content (AvgIpc) is 2.44. The molecule has 0 aliphatic carbocycles. The summed E-state index contributed by atoms with van der Waals surface area (Å²) in [7, 11) is 1.73. The minimum atomic E-state index is 0.720. The van der Waals surface area contributed by atoms with E-state index in [-0.39, 0.29) is 0 Å². The lowest BCUT2D eigenvalue weighted by Crippen LogP contribution is -2.20. The van der Waals surface area contributed by atoms with E-state index in [9.17, 15) is 0 Å². The Morgan fingerprint density at radius 2 is 2.00 bits per heavy atom. The number of halogens is 1. The molecule has 0 saturated heterocycles. The smallest absolute Gasteiger partial charge is 0.122 e. The fourth-order valence-electron chi connectivity index (χ4n) is 2.08. The summed E-state index contributed by atoms with van der Waals surface area (Å²) in [5.74, 6) is 1.02. The Hall–Kier alpha value is -0.580. The maximum atomic E-state index is 5.67. The summed E-state index contributed by atoms with van der Waals surface area (Å²) in [6, 6.07) is 6.26. The second-order valence-corrected chi connectivity index (χ2v) is 5.65. The van der Waals surface area contributed by atoms with Crippen LogP contribution in [-0.2, 0) is 11.2 Å². The molecule has 0 unspecified atom stereocenters. The summed E-state index contributed by atoms with van der Waals surface area (Å²) < 4.78 is 11.8. The zero-order valence-electron chi connectivity index (χ0n) is 12.6. The summed E-state index contributed by atoms with van der Waals surface area (Å²) in [5.41, 5.74) is 1.30. The highest BCUT2D eigenvalue weighted by Crippen LogP contribution is 2.25. The molecule has 0 amide bonds. The minimum Gasteiger partial charge on any atom is -0.494 e. The monoisotopic (exact) mass is 343 g/mol. The van der Waals surface area contributed by atoms with Crippen molar-refractivity contribution in [3.8, 4) is 5.75 Å². The molecule has 3 nitrogen and oxygen atoms in total. The number of hydrogen-bond acceptors (Lipinski definition) is 3. The van der Waals surface area contributed by atoms with Crippen LogP contribution in [0.3, 0.4) is 0 Å². The van der Waals surface area contributed by atoms with E-state index in [0.29, 0.717) is 0 Å². The van der Waals surface area contributed by atoms with E-state index < -0.39 is 0 Å². The fraction of sp³-hybridized carbons (Fsp3) is 0.625. The van der Waals surface area contributed by atoms with Crippen molar-refractivity contribution in [1.29, 1.82) is 0 Å². The summed E-state index contributed by atoms with van der Waals surface area (Å²) in [5, 5.41) is 3.37. The topological polar surface area (TPSA) is 30.5 Å². The SMILES string of the molecule is CCOc1ccc(Br)cc1CCCCCNCCOC. The van der Waals surface area contributed by atoms with Crippen molar-refractivity contribution >= 4 is 15.9 Å². The molecule has 20 heavy (non-hydrogen) atoms. The lowest BCUT2D eigenvalue weighted by atomic mass is 10.1. The van der Waals surface area contributed by atoms with Gasteiger partial charge < -0.3 is 14.8 Å². The van der Waals surface area contributed by atoms with Crippen molar-refractivity contribution in [3.05, 3.63) is 28.2 Å². The standard InChI is InChI=1S/C16H26BrNO2/c1-3-20-16-9-8-15(17)13-14(16)7-5-4-6-10-18-11-12-19-2/h8-9,13,18H,3-7,10-12H2,1-2H3. The highest BCUT2D eigenvalue weighted by Gasteiger charge is 2.04. The van der Waals surface area contributed by atoms with Crippen LogP contribution >= 0.6 is 15.9 Å². The van der Waals surface area contributed by atoms with Crippen LogP contribution in [0.5, 0.6) is 5.75 Å². The van der Waals surface area contributed by atoms with Crippen LogP contribution in [0.2, 0.25) is 0 Å². The van der Waals surface area contributed by atoms with Crippen LogP contribution in [0.4, 0.5) is 0 Å². The number of hydrogen-bond donors (Lipinski definition) is 1. The first-order chi connectivity index (χ1) is 9.77. The highest BCUT2D eigenvalue weighted by atomic mass is 79.9. The largest absolute Gasteiger partial charge is 0.494 e. The van der Waals surface area contributed by atoms with Gasteiger partial charge in [0.25, 0.3) is 0 Å². The van der Waals surface area contributed by atoms with Crippen molar-refractivity contribution in [3.63, 3.8) is 0 Å². The second-order valence-electron chi connectivity index (χ2n) is 4.74. The molecule has 1 N–H and O–H groups in total. The quantitative estimate of drug-likeness (QED) is 0.620. The van der Waals surface area contributed by atoms with Gasteiger partial charge in [0, 0.05) is 18.1 Å². The highest BCUT2D eigenvalue weighted by molar-refractivity contribution is 9.10. The summed E-state index contributed by atoms with van der Waals surface area (Å²) in [6.45, 7) is 5.54. The van der Waals surface area contributed by atoms with Crippen LogP contribution in [0.15, 0.2) is 22.7 Å². The van der Waals surface area contributed by atoms with E-state index in [1.165, 1.54) is 24.8 Å². The molecule has 0 bridgehead atoms. The van der Waals surface area contributed by atoms with Crippen LogP contribution < -0.4 is 10.1 Å². The van der Waals surface area contributed by atoms with E-state index in [4.69, 9.17) is 9.47 Å². The fourth-order valence-corrected chi connectivity index (χ4v) is 2.49. The maximum Gasteiger partial charge on any atom is 0.122 e. The lowest BCUT2D eigenvalue weighted by Gasteiger charge is -2.10. The molecule has 0 atom stereocenters. The molecular formula is C16H26BrNO2. The normalized spacial score (nSPS) is 10.8. The van der Waals surface area contributed by atoms with E-state index in [0.717, 1.165) is 42.9 Å². The molecule has 0 saturated carbocycles. The first-order valence-electron chi connectivity index (χ1n) is 7.38. The third-order valence-corrected chi connectivity index (χ3v) is 3.60. The van der Waals surface area contributed by atoms with Gasteiger partial charge in [-0.2, -0.15) is 0 Å². The van der Waals surface area contributed by atoms with Crippen molar-refractivity contribution in [1.82, 2.24) is 5.32 Å². The number of benzene rings is 1. The third-order valence-electron chi connectivity index (χ3n) is 3.11. The van der Waals surface area contributed by atoms with Gasteiger partial charge in [0.15, 0.2) is 0 Å². The first kappa shape index (κ1) is 17.5. The minimum absolute atomic E-state index is 0.720. The molecule has 0 spiro atoms. The molecule has 0 aliphatic heterocycles. The number of nitrogens with one attached hydrogen (secondary N) is 1. The molecule has 0 heterocycles. The van der Waals surface area contributed by atoms with Crippen molar-refractivity contribution < 1.29 is 9.47 Å². The first-order valence-corrected chi connectivity index (χ1v) is 8.18. The van der Waals surface area contributed by atoms with Gasteiger partial charge >= 0.3 is 0 Å². The lowest BCUT2D eigenvalue weighted by molar-refractivity contribution is 0.199. The number of unbranched alkanes of at least 4 members (excludes halogenated alkanes) is 2. The van der Waals surface area contributed by atoms with Crippen molar-refractivity contribution in [2.24, 2.45) is 0 Å². The third kappa shape index (κ3) is 7.27. The van der Waals surface area contributed by atoms with Gasteiger partial charge in [-0.3, -0.25) is 0 Å². The number of methoxy groups -OCH3 is 1. The Labute approximate surface area is 131 Å². The zero-order chi connectivity index (χ0) is 14.6. The summed E-state index contributed by atoms with van der Waals surface area (Å²) in [6.07, 6.45) is 4.72. The van der Waals surface area contributed by atoms with Gasteiger partial charge in [-0.25, -0.2) is 0 Å². The van der Waals surface area contributed by atoms with Crippen LogP contribution in [-0.4, -0.2) is 33.4 Å². The van der Waals surface area contributed by atoms with E-state index >= 15 is 0 Å². The Morgan fingerprint density at radius 3 is 2.75 bits per heavy atom. The van der Waals surface area contributed by atoms with Crippen LogP contribution in [0.1, 0.15) is 31.7 Å². The van der Waals surface area contributed by atoms with Gasteiger partial charge in [-0.05, 0) is 56.5 Å². The van der Waals surface area contributed by atoms with Gasteiger partial charge in [0.2, 0.25) is 0 Å². The van der Waals surface area contributed by atoms with Crippen LogP contribution in [0.25, 0.3) is 0 Å². The number of rotatable bonds is 11. The van der Waals surface area contributed by atoms with Crippen LogP contribution in [0, 0.1) is 0 Å². The maximum absolute atomic E-state index is 5.67. The molecule has 0 fully saturated rings. The Kier molecular flexibility index (Phi) is 9.71. The molecule has 1 rings (SSSR count). The molecule has 4 heteroatoms. The Balaban J connectivity index is 2.22. The summed E-state index contributed by atoms with van der Waals surface area (Å²) >= 11 is 3.53. The molecule has 1 aromatic carbocycles.